The number of aliphatic hydroxyl groups is 1. The van der Waals surface area contributed by atoms with E-state index in [1.165, 1.54) is 6.20 Å². The molecule has 72 valence electrons. The minimum atomic E-state index is -2.60. The SMILES string of the molecule is NCc1c(CO)cncc1C(F)F. The van der Waals surface area contributed by atoms with Gasteiger partial charge < -0.3 is 10.8 Å². The molecule has 3 N–H and O–H groups in total. The van der Waals surface area contributed by atoms with Crippen LogP contribution in [0.2, 0.25) is 0 Å². The summed E-state index contributed by atoms with van der Waals surface area (Å²) in [7, 11) is 0. The first-order valence-corrected chi connectivity index (χ1v) is 3.75. The molecule has 0 aromatic carbocycles. The molecular formula is C8H10F2N2O. The first-order chi connectivity index (χ1) is 6.20. The monoisotopic (exact) mass is 188 g/mol. The molecule has 3 nitrogen and oxygen atoms in total. The van der Waals surface area contributed by atoms with E-state index in [9.17, 15) is 8.78 Å². The fourth-order valence-electron chi connectivity index (χ4n) is 1.12. The van der Waals surface area contributed by atoms with Crippen molar-refractivity contribution in [3.05, 3.63) is 29.1 Å². The lowest BCUT2D eigenvalue weighted by atomic mass is 10.1. The quantitative estimate of drug-likeness (QED) is 0.743. The number of alkyl halides is 2. The van der Waals surface area contributed by atoms with Crippen LogP contribution in [-0.4, -0.2) is 10.1 Å². The molecule has 0 fully saturated rings. The Balaban J connectivity index is 3.19. The van der Waals surface area contributed by atoms with Crippen LogP contribution in [0.5, 0.6) is 0 Å². The molecule has 13 heavy (non-hydrogen) atoms. The summed E-state index contributed by atoms with van der Waals surface area (Å²) in [5, 5.41) is 8.82. The Kier molecular flexibility index (Phi) is 3.27. The minimum absolute atomic E-state index is 0.0158. The van der Waals surface area contributed by atoms with Gasteiger partial charge in [-0.15, -0.1) is 0 Å². The maximum Gasteiger partial charge on any atom is 0.265 e. The fraction of sp³-hybridized carbons (Fsp3) is 0.375. The topological polar surface area (TPSA) is 59.1 Å². The van der Waals surface area contributed by atoms with Gasteiger partial charge in [-0.25, -0.2) is 8.78 Å². The third kappa shape index (κ3) is 1.99. The average Bonchev–Trinajstić information content (AvgIpc) is 2.16. The number of hydrogen-bond acceptors (Lipinski definition) is 3. The van der Waals surface area contributed by atoms with Crippen LogP contribution < -0.4 is 5.73 Å². The Morgan fingerprint density at radius 2 is 2.15 bits per heavy atom. The summed E-state index contributed by atoms with van der Waals surface area (Å²) in [4.78, 5) is 3.59. The van der Waals surface area contributed by atoms with Crippen LogP contribution in [0.4, 0.5) is 8.78 Å². The highest BCUT2D eigenvalue weighted by atomic mass is 19.3. The van der Waals surface area contributed by atoms with Gasteiger partial charge in [0.05, 0.1) is 6.61 Å². The van der Waals surface area contributed by atoms with Crippen LogP contribution >= 0.6 is 0 Å². The normalized spacial score (nSPS) is 10.8. The number of hydrogen-bond donors (Lipinski definition) is 2. The Hall–Kier alpha value is -1.07. The summed E-state index contributed by atoms with van der Waals surface area (Å²) in [6.07, 6.45) is -0.183. The third-order valence-electron chi connectivity index (χ3n) is 1.79. The first kappa shape index (κ1) is 10.0. The lowest BCUT2D eigenvalue weighted by Gasteiger charge is -2.09. The van der Waals surface area contributed by atoms with Gasteiger partial charge in [-0.3, -0.25) is 4.98 Å². The van der Waals surface area contributed by atoms with Gasteiger partial charge in [-0.05, 0) is 5.56 Å². The first-order valence-electron chi connectivity index (χ1n) is 3.75. The molecule has 0 bridgehead atoms. The highest BCUT2D eigenvalue weighted by Gasteiger charge is 2.14. The second kappa shape index (κ2) is 4.25. The number of nitrogens with zero attached hydrogens (tertiary/aromatic N) is 1. The zero-order chi connectivity index (χ0) is 9.84. The van der Waals surface area contributed by atoms with E-state index >= 15 is 0 Å². The van der Waals surface area contributed by atoms with E-state index in [0.29, 0.717) is 5.56 Å². The molecular weight excluding hydrogens is 178 g/mol. The van der Waals surface area contributed by atoms with Crippen LogP contribution in [0.1, 0.15) is 23.1 Å². The standard InChI is InChI=1S/C8H10F2N2O/c9-8(10)7-3-12-2-5(4-13)6(7)1-11/h2-3,8,13H,1,4,11H2. The molecule has 0 unspecified atom stereocenters. The number of aromatic nitrogens is 1. The number of pyridine rings is 1. The van der Waals surface area contributed by atoms with Gasteiger partial charge in [-0.2, -0.15) is 0 Å². The van der Waals surface area contributed by atoms with Crippen molar-refractivity contribution in [2.24, 2.45) is 5.73 Å². The van der Waals surface area contributed by atoms with E-state index in [1.54, 1.807) is 0 Å². The van der Waals surface area contributed by atoms with Crippen molar-refractivity contribution in [3.8, 4) is 0 Å². The molecule has 0 saturated carbocycles. The zero-order valence-corrected chi connectivity index (χ0v) is 6.87. The molecule has 0 aliphatic carbocycles. The lowest BCUT2D eigenvalue weighted by molar-refractivity contribution is 0.149. The Morgan fingerprint density at radius 3 is 2.62 bits per heavy atom. The van der Waals surface area contributed by atoms with E-state index in [2.05, 4.69) is 4.98 Å². The highest BCUT2D eigenvalue weighted by Crippen LogP contribution is 2.23. The van der Waals surface area contributed by atoms with Crippen molar-refractivity contribution < 1.29 is 13.9 Å². The molecule has 0 saturated heterocycles. The molecule has 1 heterocycles. The Labute approximate surface area is 74.2 Å². The van der Waals surface area contributed by atoms with Crippen molar-refractivity contribution in [2.45, 2.75) is 19.6 Å². The van der Waals surface area contributed by atoms with Gasteiger partial charge in [0.2, 0.25) is 0 Å². The molecule has 0 aliphatic rings. The van der Waals surface area contributed by atoms with Gasteiger partial charge in [0.1, 0.15) is 0 Å². The maximum absolute atomic E-state index is 12.4. The predicted molar refractivity (Wildman–Crippen MR) is 43.0 cm³/mol. The average molecular weight is 188 g/mol. The molecule has 0 atom stereocenters. The third-order valence-corrected chi connectivity index (χ3v) is 1.79. The highest BCUT2D eigenvalue weighted by molar-refractivity contribution is 5.32. The van der Waals surface area contributed by atoms with Crippen molar-refractivity contribution in [1.29, 1.82) is 0 Å². The maximum atomic E-state index is 12.4. The second-order valence-corrected chi connectivity index (χ2v) is 2.53. The van der Waals surface area contributed by atoms with Gasteiger partial charge in [0.25, 0.3) is 6.43 Å². The fourth-order valence-corrected chi connectivity index (χ4v) is 1.12. The molecule has 0 spiro atoms. The van der Waals surface area contributed by atoms with Crippen LogP contribution in [0.25, 0.3) is 0 Å². The van der Waals surface area contributed by atoms with Crippen LogP contribution in [0, 0.1) is 0 Å². The Bertz CT molecular complexity index is 291. The van der Waals surface area contributed by atoms with Crippen molar-refractivity contribution in [3.63, 3.8) is 0 Å². The van der Waals surface area contributed by atoms with E-state index < -0.39 is 6.43 Å². The molecule has 1 aromatic heterocycles. The minimum Gasteiger partial charge on any atom is -0.392 e. The smallest absolute Gasteiger partial charge is 0.265 e. The van der Waals surface area contributed by atoms with E-state index in [-0.39, 0.29) is 24.3 Å². The summed E-state index contributed by atoms with van der Waals surface area (Å²) in [6, 6.07) is 0. The number of aliphatic hydroxyl groups excluding tert-OH is 1. The van der Waals surface area contributed by atoms with Crippen molar-refractivity contribution >= 4 is 0 Å². The van der Waals surface area contributed by atoms with Crippen LogP contribution in [-0.2, 0) is 13.2 Å². The molecule has 0 radical (unpaired) electrons. The lowest BCUT2D eigenvalue weighted by Crippen LogP contribution is -2.07. The largest absolute Gasteiger partial charge is 0.392 e. The van der Waals surface area contributed by atoms with Crippen molar-refractivity contribution in [1.82, 2.24) is 4.98 Å². The van der Waals surface area contributed by atoms with Gasteiger partial charge in [0.15, 0.2) is 0 Å². The van der Waals surface area contributed by atoms with E-state index in [1.807, 2.05) is 0 Å². The van der Waals surface area contributed by atoms with Crippen LogP contribution in [0.3, 0.4) is 0 Å². The molecule has 1 rings (SSSR count). The van der Waals surface area contributed by atoms with Gasteiger partial charge in [0, 0.05) is 30.1 Å². The predicted octanol–water partition coefficient (Wildman–Crippen LogP) is 0.970. The summed E-state index contributed by atoms with van der Waals surface area (Å²) in [6.45, 7) is -0.335. The summed E-state index contributed by atoms with van der Waals surface area (Å²) in [5.74, 6) is 0. The van der Waals surface area contributed by atoms with Gasteiger partial charge in [-0.1, -0.05) is 0 Å². The summed E-state index contributed by atoms with van der Waals surface area (Å²) >= 11 is 0. The van der Waals surface area contributed by atoms with E-state index in [4.69, 9.17) is 10.8 Å². The summed E-state index contributed by atoms with van der Waals surface area (Å²) < 4.78 is 24.7. The molecule has 5 heteroatoms. The number of nitrogens with two attached hydrogens (primary N) is 1. The number of rotatable bonds is 3. The molecule has 0 amide bonds. The van der Waals surface area contributed by atoms with E-state index in [0.717, 1.165) is 6.20 Å². The summed E-state index contributed by atoms with van der Waals surface area (Å²) in [5.41, 5.74) is 5.74. The Morgan fingerprint density at radius 1 is 1.46 bits per heavy atom. The van der Waals surface area contributed by atoms with Crippen LogP contribution in [0.15, 0.2) is 12.4 Å². The van der Waals surface area contributed by atoms with Gasteiger partial charge >= 0.3 is 0 Å². The second-order valence-electron chi connectivity index (χ2n) is 2.53. The zero-order valence-electron chi connectivity index (χ0n) is 6.87. The number of halogens is 2. The molecule has 1 aromatic rings. The molecule has 0 aliphatic heterocycles. The van der Waals surface area contributed by atoms with Crippen molar-refractivity contribution in [2.75, 3.05) is 0 Å².